The van der Waals surface area contributed by atoms with Gasteiger partial charge in [-0.25, -0.2) is 4.79 Å². The smallest absolute Gasteiger partial charge is 0.341 e. The molecule has 0 unspecified atom stereocenters. The number of anilines is 1. The molecule has 0 aliphatic heterocycles. The maximum atomic E-state index is 13.0. The number of ether oxygens (including phenoxy) is 2. The zero-order valence-electron chi connectivity index (χ0n) is 18.9. The first-order valence-electron chi connectivity index (χ1n) is 11.4. The molecule has 5 rings (SSSR count). The van der Waals surface area contributed by atoms with E-state index in [0.717, 1.165) is 54.4 Å². The molecule has 0 saturated heterocycles. The summed E-state index contributed by atoms with van der Waals surface area (Å²) in [5, 5.41) is 7.79. The fourth-order valence-electron chi connectivity index (χ4n) is 4.31. The Morgan fingerprint density at radius 1 is 1.00 bits per heavy atom. The van der Waals surface area contributed by atoms with Crippen molar-refractivity contribution in [1.29, 1.82) is 0 Å². The fourth-order valence-corrected chi connectivity index (χ4v) is 6.37. The van der Waals surface area contributed by atoms with Gasteiger partial charge in [-0.15, -0.1) is 22.7 Å². The Kier molecular flexibility index (Phi) is 6.65. The van der Waals surface area contributed by atoms with Gasteiger partial charge in [-0.05, 0) is 65.6 Å². The number of rotatable bonds is 6. The van der Waals surface area contributed by atoms with Crippen molar-refractivity contribution in [1.82, 2.24) is 0 Å². The summed E-state index contributed by atoms with van der Waals surface area (Å²) in [7, 11) is 1.38. The van der Waals surface area contributed by atoms with E-state index in [1.165, 1.54) is 40.0 Å². The van der Waals surface area contributed by atoms with Crippen LogP contribution < -0.4 is 10.1 Å². The van der Waals surface area contributed by atoms with E-state index in [2.05, 4.69) is 17.4 Å². The number of methoxy groups -OCH3 is 1. The predicted molar refractivity (Wildman–Crippen MR) is 137 cm³/mol. The molecule has 0 saturated carbocycles. The Balaban J connectivity index is 1.29. The van der Waals surface area contributed by atoms with Crippen LogP contribution in [0.4, 0.5) is 5.00 Å². The molecule has 0 spiro atoms. The lowest BCUT2D eigenvalue weighted by Crippen LogP contribution is -2.13. The van der Waals surface area contributed by atoms with Gasteiger partial charge in [0.1, 0.15) is 17.4 Å². The lowest BCUT2D eigenvalue weighted by atomic mass is 10.1. The van der Waals surface area contributed by atoms with Crippen molar-refractivity contribution in [3.05, 3.63) is 80.4 Å². The van der Waals surface area contributed by atoms with Crippen molar-refractivity contribution in [2.45, 2.75) is 38.7 Å². The van der Waals surface area contributed by atoms with E-state index in [9.17, 15) is 9.59 Å². The molecule has 2 aromatic heterocycles. The molecule has 7 heteroatoms. The van der Waals surface area contributed by atoms with E-state index in [0.29, 0.717) is 22.0 Å². The molecular formula is C27H25NO4S2. The standard InChI is InChI=1S/C27H25NO4S2/c1-31-27(30)24-21-9-3-2-4-10-22(21)34-26(24)28-25(29)23-13-17(16-33-23)15-32-20-12-11-18-7-5-6-8-19(18)14-20/h5-8,11-14,16H,2-4,9-10,15H2,1H3,(H,28,29). The van der Waals surface area contributed by atoms with Gasteiger partial charge < -0.3 is 14.8 Å². The lowest BCUT2D eigenvalue weighted by Gasteiger charge is -2.07. The monoisotopic (exact) mass is 491 g/mol. The number of aryl methyl sites for hydroxylation is 1. The first-order chi connectivity index (χ1) is 16.6. The number of carbonyl (C=O) groups excluding carboxylic acids is 2. The molecule has 0 fully saturated rings. The summed E-state index contributed by atoms with van der Waals surface area (Å²) in [6.07, 6.45) is 5.10. The number of nitrogens with one attached hydrogen (secondary N) is 1. The first kappa shape index (κ1) is 22.6. The Bertz CT molecular complexity index is 1350. The van der Waals surface area contributed by atoms with Crippen LogP contribution in [0.25, 0.3) is 10.8 Å². The van der Waals surface area contributed by atoms with Gasteiger partial charge in [0.2, 0.25) is 0 Å². The number of fused-ring (bicyclic) bond motifs is 2. The minimum Gasteiger partial charge on any atom is -0.489 e. The molecule has 174 valence electrons. The van der Waals surface area contributed by atoms with Crippen LogP contribution in [0.5, 0.6) is 5.75 Å². The van der Waals surface area contributed by atoms with Gasteiger partial charge in [0, 0.05) is 10.4 Å². The largest absolute Gasteiger partial charge is 0.489 e. The fraction of sp³-hybridized carbons (Fsp3) is 0.259. The molecule has 4 aromatic rings. The van der Waals surface area contributed by atoms with Crippen molar-refractivity contribution in [2.24, 2.45) is 0 Å². The van der Waals surface area contributed by atoms with Crippen molar-refractivity contribution >= 4 is 50.3 Å². The van der Waals surface area contributed by atoms with E-state index in [4.69, 9.17) is 9.47 Å². The summed E-state index contributed by atoms with van der Waals surface area (Å²) >= 11 is 2.87. The second-order valence-corrected chi connectivity index (χ2v) is 10.3. The third-order valence-corrected chi connectivity index (χ3v) is 8.23. The predicted octanol–water partition coefficient (Wildman–Crippen LogP) is 6.85. The van der Waals surface area contributed by atoms with Crippen molar-refractivity contribution < 1.29 is 19.1 Å². The Morgan fingerprint density at radius 2 is 1.82 bits per heavy atom. The molecule has 5 nitrogen and oxygen atoms in total. The number of hydrogen-bond donors (Lipinski definition) is 1. The van der Waals surface area contributed by atoms with Gasteiger partial charge in [0.15, 0.2) is 0 Å². The van der Waals surface area contributed by atoms with Crippen LogP contribution in [-0.4, -0.2) is 19.0 Å². The molecule has 1 N–H and O–H groups in total. The Morgan fingerprint density at radius 3 is 2.68 bits per heavy atom. The number of esters is 1. The molecule has 1 amide bonds. The molecule has 0 bridgehead atoms. The molecule has 1 aliphatic rings. The van der Waals surface area contributed by atoms with E-state index in [1.807, 2.05) is 41.8 Å². The lowest BCUT2D eigenvalue weighted by molar-refractivity contribution is 0.0601. The van der Waals surface area contributed by atoms with Gasteiger partial charge in [0.25, 0.3) is 5.91 Å². The third-order valence-electron chi connectivity index (χ3n) is 6.04. The summed E-state index contributed by atoms with van der Waals surface area (Å²) < 4.78 is 11.0. The number of benzene rings is 2. The second kappa shape index (κ2) is 9.99. The molecule has 1 aliphatic carbocycles. The van der Waals surface area contributed by atoms with Crippen LogP contribution in [-0.2, 0) is 24.2 Å². The van der Waals surface area contributed by atoms with E-state index < -0.39 is 0 Å². The quantitative estimate of drug-likeness (QED) is 0.237. The molecule has 2 heterocycles. The number of thiophene rings is 2. The average Bonchev–Trinajstić information content (AvgIpc) is 3.40. The normalized spacial score (nSPS) is 13.2. The third kappa shape index (κ3) is 4.72. The molecule has 2 aromatic carbocycles. The van der Waals surface area contributed by atoms with Gasteiger partial charge in [-0.3, -0.25) is 4.79 Å². The SMILES string of the molecule is COC(=O)c1c(NC(=O)c2cc(COc3ccc4ccccc4c3)cs2)sc2c1CCCCC2. The minimum absolute atomic E-state index is 0.219. The van der Waals surface area contributed by atoms with E-state index >= 15 is 0 Å². The summed E-state index contributed by atoms with van der Waals surface area (Å²) in [6.45, 7) is 0.378. The Labute approximate surface area is 206 Å². The van der Waals surface area contributed by atoms with Crippen LogP contribution in [0.15, 0.2) is 53.9 Å². The number of carbonyl (C=O) groups is 2. The van der Waals surface area contributed by atoms with Crippen molar-refractivity contribution in [3.8, 4) is 5.75 Å². The van der Waals surface area contributed by atoms with Crippen LogP contribution in [0.3, 0.4) is 0 Å². The van der Waals surface area contributed by atoms with Gasteiger partial charge in [-0.1, -0.05) is 36.8 Å². The second-order valence-electron chi connectivity index (χ2n) is 8.33. The van der Waals surface area contributed by atoms with Gasteiger partial charge >= 0.3 is 5.97 Å². The number of hydrogen-bond acceptors (Lipinski definition) is 6. The van der Waals surface area contributed by atoms with Crippen molar-refractivity contribution in [3.63, 3.8) is 0 Å². The number of amides is 1. The zero-order valence-corrected chi connectivity index (χ0v) is 20.5. The maximum Gasteiger partial charge on any atom is 0.341 e. The topological polar surface area (TPSA) is 64.6 Å². The average molecular weight is 492 g/mol. The first-order valence-corrected chi connectivity index (χ1v) is 13.0. The zero-order chi connectivity index (χ0) is 23.5. The van der Waals surface area contributed by atoms with Crippen LogP contribution in [0.2, 0.25) is 0 Å². The molecule has 34 heavy (non-hydrogen) atoms. The maximum absolute atomic E-state index is 13.0. The molecular weight excluding hydrogens is 466 g/mol. The highest BCUT2D eigenvalue weighted by molar-refractivity contribution is 7.17. The van der Waals surface area contributed by atoms with Crippen LogP contribution in [0, 0.1) is 0 Å². The highest BCUT2D eigenvalue weighted by atomic mass is 32.1. The molecule has 0 atom stereocenters. The summed E-state index contributed by atoms with van der Waals surface area (Å²) in [5.74, 6) is 0.188. The van der Waals surface area contributed by atoms with E-state index in [1.54, 1.807) is 0 Å². The highest BCUT2D eigenvalue weighted by Gasteiger charge is 2.26. The summed E-state index contributed by atoms with van der Waals surface area (Å²) in [5.41, 5.74) is 2.49. The van der Waals surface area contributed by atoms with E-state index in [-0.39, 0.29) is 11.9 Å². The van der Waals surface area contributed by atoms with Crippen LogP contribution in [0.1, 0.15) is 55.3 Å². The summed E-state index contributed by atoms with van der Waals surface area (Å²) in [4.78, 5) is 27.3. The van der Waals surface area contributed by atoms with Crippen LogP contribution >= 0.6 is 22.7 Å². The summed E-state index contributed by atoms with van der Waals surface area (Å²) in [6, 6.07) is 16.0. The van der Waals surface area contributed by atoms with Gasteiger partial charge in [0.05, 0.1) is 17.6 Å². The Hall–Kier alpha value is -3.16. The van der Waals surface area contributed by atoms with Gasteiger partial charge in [-0.2, -0.15) is 0 Å². The minimum atomic E-state index is -0.384. The molecule has 0 radical (unpaired) electrons. The highest BCUT2D eigenvalue weighted by Crippen LogP contribution is 2.38. The van der Waals surface area contributed by atoms with Crippen molar-refractivity contribution in [2.75, 3.05) is 12.4 Å².